The molecule has 0 aliphatic rings. The molecule has 1 aromatic rings. The summed E-state index contributed by atoms with van der Waals surface area (Å²) in [4.78, 5) is 11.0. The number of aromatic nitrogens is 1. The second kappa shape index (κ2) is 5.29. The monoisotopic (exact) mass is 326 g/mol. The Morgan fingerprint density at radius 2 is 1.71 bits per heavy atom. The van der Waals surface area contributed by atoms with E-state index in [-0.39, 0.29) is 6.20 Å². The van der Waals surface area contributed by atoms with E-state index in [1.807, 2.05) is 0 Å². The maximum Gasteiger partial charge on any atom is 0.573 e. The van der Waals surface area contributed by atoms with Crippen molar-refractivity contribution in [3.05, 3.63) is 27.6 Å². The fourth-order valence-corrected chi connectivity index (χ4v) is 1.31. The summed E-state index contributed by atoms with van der Waals surface area (Å²) in [5, 5.41) is 10.5. The maximum absolute atomic E-state index is 12.6. The Hall–Kier alpha value is -2.21. The number of nitro groups is 1. The van der Waals surface area contributed by atoms with Gasteiger partial charge in [0, 0.05) is 0 Å². The summed E-state index contributed by atoms with van der Waals surface area (Å²) >= 11 is 0. The number of alkyl halides is 8. The minimum absolute atomic E-state index is 0.301. The highest BCUT2D eigenvalue weighted by Gasteiger charge is 2.46. The van der Waals surface area contributed by atoms with Crippen molar-refractivity contribution in [1.82, 2.24) is 4.98 Å². The van der Waals surface area contributed by atoms with Crippen LogP contribution in [0.5, 0.6) is 5.75 Å². The molecule has 0 spiro atoms. The van der Waals surface area contributed by atoms with Crippen LogP contribution in [0.1, 0.15) is 17.7 Å². The summed E-state index contributed by atoms with van der Waals surface area (Å²) < 4.78 is 102. The first-order valence-corrected chi connectivity index (χ1v) is 4.63. The molecule has 0 unspecified atom stereocenters. The average molecular weight is 326 g/mol. The van der Waals surface area contributed by atoms with Gasteiger partial charge in [0.2, 0.25) is 5.69 Å². The molecule has 0 saturated heterocycles. The third-order valence-electron chi connectivity index (χ3n) is 1.95. The van der Waals surface area contributed by atoms with Gasteiger partial charge in [-0.05, 0) is 0 Å². The molecule has 0 aromatic carbocycles. The molecule has 0 atom stereocenters. The summed E-state index contributed by atoms with van der Waals surface area (Å²) in [7, 11) is 0. The van der Waals surface area contributed by atoms with Crippen LogP contribution in [-0.2, 0) is 6.18 Å². The van der Waals surface area contributed by atoms with Gasteiger partial charge in [-0.2, -0.15) is 13.2 Å². The van der Waals surface area contributed by atoms with E-state index in [0.29, 0.717) is 0 Å². The van der Waals surface area contributed by atoms with Crippen molar-refractivity contribution in [2.24, 2.45) is 0 Å². The fraction of sp³-hybridized carbons (Fsp3) is 0.375. The highest BCUT2D eigenvalue weighted by molar-refractivity contribution is 5.53. The molecular weight excluding hydrogens is 324 g/mol. The number of nitrogens with zero attached hydrogens (tertiary/aromatic N) is 2. The van der Waals surface area contributed by atoms with Gasteiger partial charge >= 0.3 is 18.2 Å². The molecule has 0 bridgehead atoms. The predicted molar refractivity (Wildman–Crippen MR) is 47.5 cm³/mol. The molecule has 118 valence electrons. The molecule has 0 aliphatic heterocycles. The van der Waals surface area contributed by atoms with E-state index in [9.17, 15) is 45.2 Å². The van der Waals surface area contributed by atoms with Gasteiger partial charge in [-0.1, -0.05) is 0 Å². The number of rotatable bonds is 3. The number of ether oxygens (including phenoxy) is 1. The first-order chi connectivity index (χ1) is 9.34. The lowest BCUT2D eigenvalue weighted by molar-refractivity contribution is -0.390. The minimum Gasteiger partial charge on any atom is -0.403 e. The normalized spacial score (nSPS) is 12.6. The Bertz CT molecular complexity index is 554. The number of halogens is 8. The second-order valence-corrected chi connectivity index (χ2v) is 3.34. The van der Waals surface area contributed by atoms with Crippen LogP contribution in [0, 0.1) is 10.1 Å². The van der Waals surface area contributed by atoms with E-state index >= 15 is 0 Å². The third kappa shape index (κ3) is 3.88. The Morgan fingerprint density at radius 1 is 1.19 bits per heavy atom. The quantitative estimate of drug-likeness (QED) is 0.481. The van der Waals surface area contributed by atoms with Crippen molar-refractivity contribution < 1.29 is 44.8 Å². The van der Waals surface area contributed by atoms with Gasteiger partial charge in [-0.3, -0.25) is 10.1 Å². The largest absolute Gasteiger partial charge is 0.573 e. The Kier molecular flexibility index (Phi) is 4.24. The topological polar surface area (TPSA) is 65.3 Å². The molecule has 0 saturated carbocycles. The molecule has 1 aromatic heterocycles. The van der Waals surface area contributed by atoms with Gasteiger partial charge in [-0.25, -0.2) is 13.8 Å². The van der Waals surface area contributed by atoms with Gasteiger partial charge in [-0.15, -0.1) is 13.2 Å². The van der Waals surface area contributed by atoms with Crippen molar-refractivity contribution in [3.8, 4) is 5.75 Å². The summed E-state index contributed by atoms with van der Waals surface area (Å²) in [5.74, 6) is -1.88. The van der Waals surface area contributed by atoms with E-state index in [0.717, 1.165) is 0 Å². The highest BCUT2D eigenvalue weighted by Crippen LogP contribution is 2.44. The standard InChI is InChI=1S/C8H2F8N2O3/c9-6(10)3-2(21-8(14,15)16)1-17-5(7(11,12)13)4(3)18(19)20/h1,6H. The van der Waals surface area contributed by atoms with Crippen molar-refractivity contribution >= 4 is 5.69 Å². The zero-order valence-corrected chi connectivity index (χ0v) is 9.30. The lowest BCUT2D eigenvalue weighted by Crippen LogP contribution is -2.20. The highest BCUT2D eigenvalue weighted by atomic mass is 19.4. The first-order valence-electron chi connectivity index (χ1n) is 4.63. The number of pyridine rings is 1. The molecule has 0 amide bonds. The minimum atomic E-state index is -5.54. The van der Waals surface area contributed by atoms with Gasteiger partial charge in [0.1, 0.15) is 5.56 Å². The molecule has 21 heavy (non-hydrogen) atoms. The first kappa shape index (κ1) is 16.8. The van der Waals surface area contributed by atoms with E-state index in [1.54, 1.807) is 0 Å². The van der Waals surface area contributed by atoms with Crippen LogP contribution < -0.4 is 4.74 Å². The Balaban J connectivity index is 3.66. The molecule has 1 heterocycles. The fourth-order valence-electron chi connectivity index (χ4n) is 1.31. The summed E-state index contributed by atoms with van der Waals surface area (Å²) in [6.45, 7) is 0. The zero-order valence-electron chi connectivity index (χ0n) is 9.30. The smallest absolute Gasteiger partial charge is 0.403 e. The summed E-state index contributed by atoms with van der Waals surface area (Å²) in [6.07, 6.45) is -15.4. The lowest BCUT2D eigenvalue weighted by atomic mass is 10.1. The van der Waals surface area contributed by atoms with Crippen molar-refractivity contribution in [2.45, 2.75) is 19.0 Å². The molecule has 1 rings (SSSR count). The summed E-state index contributed by atoms with van der Waals surface area (Å²) in [6, 6.07) is 0. The van der Waals surface area contributed by atoms with Crippen LogP contribution in [0.25, 0.3) is 0 Å². The molecule has 13 heteroatoms. The van der Waals surface area contributed by atoms with Crippen LogP contribution in [0.3, 0.4) is 0 Å². The molecule has 5 nitrogen and oxygen atoms in total. The molecule has 0 fully saturated rings. The SMILES string of the molecule is O=[N+]([O-])c1c(C(F)(F)F)ncc(OC(F)(F)F)c1C(F)F. The van der Waals surface area contributed by atoms with E-state index in [2.05, 4.69) is 9.72 Å². The molecule has 0 N–H and O–H groups in total. The number of hydrogen-bond donors (Lipinski definition) is 0. The van der Waals surface area contributed by atoms with Crippen LogP contribution in [0.4, 0.5) is 40.8 Å². The molecular formula is C8H2F8N2O3. The van der Waals surface area contributed by atoms with Gasteiger partial charge in [0.15, 0.2) is 5.75 Å². The van der Waals surface area contributed by atoms with Crippen LogP contribution >= 0.6 is 0 Å². The number of hydrogen-bond acceptors (Lipinski definition) is 4. The summed E-state index contributed by atoms with van der Waals surface area (Å²) in [5.41, 5.74) is -6.80. The Labute approximate surface area is 109 Å². The van der Waals surface area contributed by atoms with Crippen LogP contribution in [0.2, 0.25) is 0 Å². The van der Waals surface area contributed by atoms with Gasteiger partial charge in [0.25, 0.3) is 6.43 Å². The third-order valence-corrected chi connectivity index (χ3v) is 1.95. The van der Waals surface area contributed by atoms with Gasteiger partial charge < -0.3 is 4.74 Å². The van der Waals surface area contributed by atoms with E-state index in [1.165, 1.54) is 0 Å². The zero-order chi connectivity index (χ0) is 16.6. The van der Waals surface area contributed by atoms with Crippen LogP contribution in [-0.4, -0.2) is 16.3 Å². The van der Waals surface area contributed by atoms with E-state index < -0.39 is 46.6 Å². The van der Waals surface area contributed by atoms with Crippen molar-refractivity contribution in [2.75, 3.05) is 0 Å². The van der Waals surface area contributed by atoms with Crippen molar-refractivity contribution in [1.29, 1.82) is 0 Å². The molecule has 0 aliphatic carbocycles. The second-order valence-electron chi connectivity index (χ2n) is 3.34. The van der Waals surface area contributed by atoms with Crippen molar-refractivity contribution in [3.63, 3.8) is 0 Å². The average Bonchev–Trinajstić information content (AvgIpc) is 2.23. The predicted octanol–water partition coefficient (Wildman–Crippen LogP) is 3.84. The molecule has 0 radical (unpaired) electrons. The van der Waals surface area contributed by atoms with Crippen LogP contribution in [0.15, 0.2) is 6.20 Å². The lowest BCUT2D eigenvalue weighted by Gasteiger charge is -2.15. The maximum atomic E-state index is 12.6. The van der Waals surface area contributed by atoms with Gasteiger partial charge in [0.05, 0.1) is 11.1 Å². The Morgan fingerprint density at radius 3 is 2.05 bits per heavy atom. The van der Waals surface area contributed by atoms with E-state index in [4.69, 9.17) is 0 Å².